The van der Waals surface area contributed by atoms with Gasteiger partial charge in [-0.1, -0.05) is 6.08 Å². The highest BCUT2D eigenvalue weighted by atomic mass is 32.2. The van der Waals surface area contributed by atoms with Crippen molar-refractivity contribution in [2.45, 2.75) is 11.3 Å². The Kier molecular flexibility index (Phi) is 4.19. The average Bonchev–Trinajstić information content (AvgIpc) is 3.27. The fourth-order valence-electron chi connectivity index (χ4n) is 3.87. The van der Waals surface area contributed by atoms with E-state index in [9.17, 15) is 13.2 Å². The maximum atomic E-state index is 13.5. The van der Waals surface area contributed by atoms with E-state index in [1.54, 1.807) is 25.5 Å². The van der Waals surface area contributed by atoms with Crippen LogP contribution in [0.2, 0.25) is 0 Å². The topological polar surface area (TPSA) is 90.3 Å². The zero-order chi connectivity index (χ0) is 21.0. The molecule has 1 aromatic carbocycles. The summed E-state index contributed by atoms with van der Waals surface area (Å²) in [6, 6.07) is 8.14. The molecule has 0 bridgehead atoms. The Morgan fingerprint density at radius 1 is 1.17 bits per heavy atom. The Morgan fingerprint density at radius 3 is 2.77 bits per heavy atom. The molecule has 8 nitrogen and oxygen atoms in total. The smallest absolute Gasteiger partial charge is 0.408 e. The fourth-order valence-corrected chi connectivity index (χ4v) is 5.21. The van der Waals surface area contributed by atoms with Crippen LogP contribution in [0.1, 0.15) is 12.0 Å². The summed E-state index contributed by atoms with van der Waals surface area (Å²) in [4.78, 5) is 18.4. The maximum absolute atomic E-state index is 13.5. The highest BCUT2D eigenvalue weighted by Gasteiger charge is 2.25. The molecule has 0 amide bonds. The zero-order valence-corrected chi connectivity index (χ0v) is 17.4. The molecule has 0 aliphatic carbocycles. The highest BCUT2D eigenvalue weighted by molar-refractivity contribution is 7.90. The number of benzene rings is 1. The van der Waals surface area contributed by atoms with Gasteiger partial charge in [-0.2, -0.15) is 0 Å². The quantitative estimate of drug-likeness (QED) is 0.502. The predicted molar refractivity (Wildman–Crippen MR) is 114 cm³/mol. The van der Waals surface area contributed by atoms with Crippen LogP contribution >= 0.6 is 0 Å². The lowest BCUT2D eigenvalue weighted by atomic mass is 10.00. The molecule has 0 atom stereocenters. The molecule has 30 heavy (non-hydrogen) atoms. The number of hydrogen-bond acceptors (Lipinski definition) is 6. The second-order valence-corrected chi connectivity index (χ2v) is 9.33. The number of fused-ring (bicyclic) bond motifs is 2. The molecule has 0 N–H and O–H groups in total. The second kappa shape index (κ2) is 6.68. The number of pyridine rings is 1. The molecule has 0 unspecified atom stereocenters. The van der Waals surface area contributed by atoms with Crippen LogP contribution in [-0.4, -0.2) is 47.0 Å². The minimum atomic E-state index is -3.94. The number of nitrogens with zero attached hydrogens (tertiary/aromatic N) is 4. The van der Waals surface area contributed by atoms with Gasteiger partial charge in [0.1, 0.15) is 0 Å². The molecule has 9 heteroatoms. The first-order valence-electron chi connectivity index (χ1n) is 9.55. The van der Waals surface area contributed by atoms with Crippen LogP contribution in [0.15, 0.2) is 62.9 Å². The molecule has 4 heterocycles. The number of aryl methyl sites for hydroxylation is 1. The van der Waals surface area contributed by atoms with Crippen molar-refractivity contribution in [2.24, 2.45) is 7.05 Å². The van der Waals surface area contributed by atoms with Gasteiger partial charge in [-0.05, 0) is 43.3 Å². The lowest BCUT2D eigenvalue weighted by Crippen LogP contribution is -2.23. The summed E-state index contributed by atoms with van der Waals surface area (Å²) < 4.78 is 34.7. The summed E-state index contributed by atoms with van der Waals surface area (Å²) >= 11 is 0. The van der Waals surface area contributed by atoms with Crippen molar-refractivity contribution in [3.05, 3.63) is 64.9 Å². The summed E-state index contributed by atoms with van der Waals surface area (Å²) in [5.41, 5.74) is 3.13. The minimum absolute atomic E-state index is 0.0378. The third-order valence-electron chi connectivity index (χ3n) is 5.61. The summed E-state index contributed by atoms with van der Waals surface area (Å²) in [6.45, 7) is 1.73. The molecule has 4 aromatic rings. The molecule has 154 valence electrons. The first kappa shape index (κ1) is 18.8. The van der Waals surface area contributed by atoms with E-state index in [0.717, 1.165) is 36.0 Å². The molecule has 0 saturated carbocycles. The van der Waals surface area contributed by atoms with Gasteiger partial charge in [0.05, 0.1) is 10.4 Å². The number of rotatable bonds is 3. The molecule has 5 rings (SSSR count). The van der Waals surface area contributed by atoms with Gasteiger partial charge in [-0.25, -0.2) is 22.2 Å². The fraction of sp³-hybridized carbons (Fsp3) is 0.238. The molecule has 1 aliphatic heterocycles. The lowest BCUT2D eigenvalue weighted by molar-refractivity contribution is 0.370. The normalized spacial score (nSPS) is 15.7. The Hall–Kier alpha value is -3.17. The first-order chi connectivity index (χ1) is 14.4. The number of aromatic nitrogens is 3. The van der Waals surface area contributed by atoms with Crippen LogP contribution < -0.4 is 5.76 Å². The Balaban J connectivity index is 1.70. The van der Waals surface area contributed by atoms with Crippen LogP contribution in [-0.2, 0) is 17.1 Å². The predicted octanol–water partition coefficient (Wildman–Crippen LogP) is 2.44. The van der Waals surface area contributed by atoms with Gasteiger partial charge in [-0.3, -0.25) is 4.57 Å². The molecule has 0 radical (unpaired) electrons. The Morgan fingerprint density at radius 2 is 2.00 bits per heavy atom. The third-order valence-corrected chi connectivity index (χ3v) is 7.26. The number of hydrogen-bond donors (Lipinski definition) is 0. The van der Waals surface area contributed by atoms with Crippen LogP contribution in [0.25, 0.3) is 27.7 Å². The molecular weight excluding hydrogens is 404 g/mol. The van der Waals surface area contributed by atoms with Crippen molar-refractivity contribution >= 4 is 37.7 Å². The molecular formula is C21H20N4O4S. The zero-order valence-electron chi connectivity index (χ0n) is 16.6. The monoisotopic (exact) mass is 424 g/mol. The van der Waals surface area contributed by atoms with Gasteiger partial charge < -0.3 is 9.32 Å². The van der Waals surface area contributed by atoms with Crippen molar-refractivity contribution in [1.82, 2.24) is 18.4 Å². The molecule has 3 aromatic heterocycles. The summed E-state index contributed by atoms with van der Waals surface area (Å²) in [5.74, 6) is -0.538. The van der Waals surface area contributed by atoms with Crippen molar-refractivity contribution < 1.29 is 12.8 Å². The standard InChI is InChI=1S/C21H20N4O4S/c1-23-10-7-14(8-11-23)17-13-25(20-16(17)4-3-9-22-20)30(27,28)15-5-6-18-19(12-15)29-21(26)24(18)2/h3-7,9,12-13H,8,10-11H2,1-2H3. The van der Waals surface area contributed by atoms with Gasteiger partial charge >= 0.3 is 5.76 Å². The van der Waals surface area contributed by atoms with E-state index in [2.05, 4.69) is 23.0 Å². The highest BCUT2D eigenvalue weighted by Crippen LogP contribution is 2.32. The third kappa shape index (κ3) is 2.81. The molecule has 0 saturated heterocycles. The second-order valence-electron chi connectivity index (χ2n) is 7.52. The van der Waals surface area contributed by atoms with Gasteiger partial charge in [0.25, 0.3) is 10.0 Å². The molecule has 1 aliphatic rings. The van der Waals surface area contributed by atoms with Crippen molar-refractivity contribution in [3.8, 4) is 0 Å². The van der Waals surface area contributed by atoms with Gasteiger partial charge in [-0.15, -0.1) is 0 Å². The van der Waals surface area contributed by atoms with E-state index in [-0.39, 0.29) is 10.5 Å². The van der Waals surface area contributed by atoms with Crippen molar-refractivity contribution in [1.29, 1.82) is 0 Å². The van der Waals surface area contributed by atoms with Crippen LogP contribution in [0.3, 0.4) is 0 Å². The van der Waals surface area contributed by atoms with Crippen molar-refractivity contribution in [3.63, 3.8) is 0 Å². The average molecular weight is 424 g/mol. The van der Waals surface area contributed by atoms with Crippen LogP contribution in [0.5, 0.6) is 0 Å². The molecule has 0 fully saturated rings. The van der Waals surface area contributed by atoms with Gasteiger partial charge in [0.2, 0.25) is 0 Å². The van der Waals surface area contributed by atoms with E-state index in [1.165, 1.54) is 20.7 Å². The van der Waals surface area contributed by atoms with Crippen molar-refractivity contribution in [2.75, 3.05) is 20.1 Å². The van der Waals surface area contributed by atoms with Crippen LogP contribution in [0.4, 0.5) is 0 Å². The van der Waals surface area contributed by atoms with E-state index < -0.39 is 15.8 Å². The van der Waals surface area contributed by atoms with Gasteiger partial charge in [0.15, 0.2) is 11.2 Å². The summed E-state index contributed by atoms with van der Waals surface area (Å²) in [5, 5.41) is 0.796. The lowest BCUT2D eigenvalue weighted by Gasteiger charge is -2.21. The number of oxazole rings is 1. The van der Waals surface area contributed by atoms with E-state index in [0.29, 0.717) is 11.2 Å². The summed E-state index contributed by atoms with van der Waals surface area (Å²) in [7, 11) is -0.311. The van der Waals surface area contributed by atoms with Crippen LogP contribution in [0, 0.1) is 0 Å². The SMILES string of the molecule is CN1CC=C(c2cn(S(=O)(=O)c3ccc4c(c3)oc(=O)n4C)c3ncccc23)CC1. The van der Waals surface area contributed by atoms with E-state index >= 15 is 0 Å². The Labute approximate surface area is 172 Å². The van der Waals surface area contributed by atoms with Gasteiger partial charge in [0, 0.05) is 49.5 Å². The number of likely N-dealkylation sites (N-methyl/N-ethyl adjacent to an activating group) is 1. The first-order valence-corrected chi connectivity index (χ1v) is 11.0. The minimum Gasteiger partial charge on any atom is -0.408 e. The van der Waals surface area contributed by atoms with E-state index in [4.69, 9.17) is 4.42 Å². The Bertz CT molecular complexity index is 1490. The largest absolute Gasteiger partial charge is 0.419 e. The van der Waals surface area contributed by atoms with E-state index in [1.807, 2.05) is 12.1 Å². The summed E-state index contributed by atoms with van der Waals surface area (Å²) in [6.07, 6.45) is 6.20. The molecule has 0 spiro atoms. The maximum Gasteiger partial charge on any atom is 0.419 e.